The summed E-state index contributed by atoms with van der Waals surface area (Å²) >= 11 is 0. The van der Waals surface area contributed by atoms with Gasteiger partial charge in [0.15, 0.2) is 5.82 Å². The van der Waals surface area contributed by atoms with Crippen molar-refractivity contribution in [1.82, 2.24) is 10.1 Å². The molecule has 1 aliphatic rings. The summed E-state index contributed by atoms with van der Waals surface area (Å²) in [5.74, 6) is 1.34. The van der Waals surface area contributed by atoms with E-state index in [1.165, 1.54) is 7.11 Å². The first-order chi connectivity index (χ1) is 10.2. The first-order valence-electron chi connectivity index (χ1n) is 6.73. The van der Waals surface area contributed by atoms with E-state index in [0.29, 0.717) is 31.0 Å². The first-order valence-corrected chi connectivity index (χ1v) is 6.73. The normalized spacial score (nSPS) is 15.5. The predicted octanol–water partition coefficient (Wildman–Crippen LogP) is 1.87. The zero-order chi connectivity index (χ0) is 14.9. The Balaban J connectivity index is 1.82. The highest BCUT2D eigenvalue weighted by molar-refractivity contribution is 5.85. The summed E-state index contributed by atoms with van der Waals surface area (Å²) in [6.07, 6.45) is 1.87. The molecule has 0 amide bonds. The Morgan fingerprint density at radius 3 is 2.76 bits per heavy atom. The smallest absolute Gasteiger partial charge is 0.321 e. The third-order valence-electron chi connectivity index (χ3n) is 3.74. The van der Waals surface area contributed by atoms with Crippen LogP contribution in [-0.4, -0.2) is 30.3 Å². The van der Waals surface area contributed by atoms with Crippen molar-refractivity contribution in [3.8, 4) is 5.75 Å². The zero-order valence-corrected chi connectivity index (χ0v) is 12.0. The van der Waals surface area contributed by atoms with E-state index in [9.17, 15) is 4.79 Å². The number of methoxy groups -OCH3 is 2. The highest BCUT2D eigenvalue weighted by atomic mass is 16.5. The van der Waals surface area contributed by atoms with Crippen LogP contribution in [0.5, 0.6) is 5.75 Å². The number of para-hydroxylation sites is 1. The van der Waals surface area contributed by atoms with Gasteiger partial charge in [-0.3, -0.25) is 4.79 Å². The van der Waals surface area contributed by atoms with Crippen LogP contribution >= 0.6 is 0 Å². The van der Waals surface area contributed by atoms with E-state index in [1.54, 1.807) is 7.11 Å². The van der Waals surface area contributed by atoms with Gasteiger partial charge in [-0.05, 0) is 18.9 Å². The van der Waals surface area contributed by atoms with E-state index in [0.717, 1.165) is 11.3 Å². The molecule has 110 valence electrons. The number of hydrogen-bond donors (Lipinski definition) is 0. The number of aromatic nitrogens is 2. The summed E-state index contributed by atoms with van der Waals surface area (Å²) in [6.45, 7) is 0. The molecule has 0 spiro atoms. The molecule has 2 aromatic rings. The molecule has 0 aliphatic heterocycles. The van der Waals surface area contributed by atoms with Gasteiger partial charge in [0.2, 0.25) is 5.89 Å². The van der Waals surface area contributed by atoms with Gasteiger partial charge in [-0.25, -0.2) is 0 Å². The quantitative estimate of drug-likeness (QED) is 0.782. The molecule has 6 heteroatoms. The van der Waals surface area contributed by atoms with E-state index in [1.807, 2.05) is 24.3 Å². The van der Waals surface area contributed by atoms with Gasteiger partial charge in [0.1, 0.15) is 11.2 Å². The molecule has 1 saturated carbocycles. The lowest BCUT2D eigenvalue weighted by molar-refractivity contribution is -0.144. The molecule has 3 rings (SSSR count). The second kappa shape index (κ2) is 5.20. The average molecular weight is 288 g/mol. The fourth-order valence-corrected chi connectivity index (χ4v) is 2.37. The summed E-state index contributed by atoms with van der Waals surface area (Å²) in [4.78, 5) is 16.1. The van der Waals surface area contributed by atoms with Gasteiger partial charge in [-0.15, -0.1) is 0 Å². The van der Waals surface area contributed by atoms with Crippen LogP contribution in [0.4, 0.5) is 0 Å². The van der Waals surface area contributed by atoms with Crippen molar-refractivity contribution in [1.29, 1.82) is 0 Å². The molecule has 1 aliphatic carbocycles. The number of carbonyl (C=O) groups is 1. The summed E-state index contributed by atoms with van der Waals surface area (Å²) in [5.41, 5.74) is 0.246. The summed E-state index contributed by atoms with van der Waals surface area (Å²) in [7, 11) is 2.99. The fourth-order valence-electron chi connectivity index (χ4n) is 2.37. The van der Waals surface area contributed by atoms with Gasteiger partial charge >= 0.3 is 5.97 Å². The lowest BCUT2D eigenvalue weighted by Crippen LogP contribution is -2.22. The molecule has 0 atom stereocenters. The minimum absolute atomic E-state index is 0.310. The lowest BCUT2D eigenvalue weighted by Gasteiger charge is -2.06. The maximum Gasteiger partial charge on any atom is 0.321 e. The Kier molecular flexibility index (Phi) is 3.37. The molecule has 0 radical (unpaired) electrons. The Labute approximate surface area is 122 Å². The van der Waals surface area contributed by atoms with Crippen LogP contribution in [0.2, 0.25) is 0 Å². The molecule has 21 heavy (non-hydrogen) atoms. The monoisotopic (exact) mass is 288 g/mol. The fraction of sp³-hybridized carbons (Fsp3) is 0.400. The van der Waals surface area contributed by atoms with E-state index in [-0.39, 0.29) is 5.97 Å². The van der Waals surface area contributed by atoms with Crippen molar-refractivity contribution in [3.63, 3.8) is 0 Å². The molecule has 0 N–H and O–H groups in total. The number of nitrogens with zero attached hydrogens (tertiary/aromatic N) is 2. The summed E-state index contributed by atoms with van der Waals surface area (Å²) < 4.78 is 15.4. The number of benzene rings is 1. The number of ether oxygens (including phenoxy) is 2. The molecule has 1 aromatic carbocycles. The van der Waals surface area contributed by atoms with Gasteiger partial charge in [-0.2, -0.15) is 4.98 Å². The van der Waals surface area contributed by atoms with Gasteiger partial charge in [0.05, 0.1) is 14.2 Å². The van der Waals surface area contributed by atoms with Crippen LogP contribution < -0.4 is 4.74 Å². The van der Waals surface area contributed by atoms with E-state index >= 15 is 0 Å². The van der Waals surface area contributed by atoms with Crippen LogP contribution in [0.25, 0.3) is 0 Å². The highest BCUT2D eigenvalue weighted by Crippen LogP contribution is 2.48. The van der Waals surface area contributed by atoms with Crippen LogP contribution in [0.1, 0.15) is 30.1 Å². The molecular formula is C15H16N2O4. The second-order valence-electron chi connectivity index (χ2n) is 5.08. The van der Waals surface area contributed by atoms with Gasteiger partial charge in [0.25, 0.3) is 0 Å². The van der Waals surface area contributed by atoms with Crippen molar-refractivity contribution in [3.05, 3.63) is 41.5 Å². The van der Waals surface area contributed by atoms with E-state index < -0.39 is 5.41 Å². The molecule has 1 aromatic heterocycles. The Bertz CT molecular complexity index is 661. The molecule has 6 nitrogen and oxygen atoms in total. The van der Waals surface area contributed by atoms with Crippen molar-refractivity contribution in [2.75, 3.05) is 14.2 Å². The van der Waals surface area contributed by atoms with Crippen LogP contribution in [-0.2, 0) is 21.4 Å². The van der Waals surface area contributed by atoms with E-state index in [2.05, 4.69) is 10.1 Å². The van der Waals surface area contributed by atoms with Crippen molar-refractivity contribution in [2.24, 2.45) is 0 Å². The molecule has 0 bridgehead atoms. The number of hydrogen-bond acceptors (Lipinski definition) is 6. The number of rotatable bonds is 5. The van der Waals surface area contributed by atoms with Crippen molar-refractivity contribution < 1.29 is 18.8 Å². The molecule has 0 unspecified atom stereocenters. The van der Waals surface area contributed by atoms with Crippen molar-refractivity contribution >= 4 is 5.97 Å². The predicted molar refractivity (Wildman–Crippen MR) is 73.0 cm³/mol. The molecule has 1 fully saturated rings. The lowest BCUT2D eigenvalue weighted by atomic mass is 10.1. The molecule has 1 heterocycles. The summed E-state index contributed by atoms with van der Waals surface area (Å²) in [6, 6.07) is 7.66. The molecular weight excluding hydrogens is 272 g/mol. The van der Waals surface area contributed by atoms with Gasteiger partial charge in [0, 0.05) is 12.0 Å². The standard InChI is InChI=1S/C15H16N2O4/c1-19-11-6-4-3-5-10(11)9-12-16-13(21-17-12)15(7-8-15)14(18)20-2/h3-6H,7-9H2,1-2H3. The Morgan fingerprint density at radius 2 is 2.10 bits per heavy atom. The minimum Gasteiger partial charge on any atom is -0.496 e. The molecule has 0 saturated heterocycles. The number of carbonyl (C=O) groups excluding carboxylic acids is 1. The Morgan fingerprint density at radius 1 is 1.33 bits per heavy atom. The van der Waals surface area contributed by atoms with E-state index in [4.69, 9.17) is 14.0 Å². The minimum atomic E-state index is -0.721. The first kappa shape index (κ1) is 13.6. The van der Waals surface area contributed by atoms with Crippen molar-refractivity contribution in [2.45, 2.75) is 24.7 Å². The van der Waals surface area contributed by atoms with Gasteiger partial charge < -0.3 is 14.0 Å². The SMILES string of the molecule is COC(=O)C1(c2nc(Cc3ccccc3OC)no2)CC1. The largest absolute Gasteiger partial charge is 0.496 e. The van der Waals surface area contributed by atoms with Crippen LogP contribution in [0.15, 0.2) is 28.8 Å². The van der Waals surface area contributed by atoms with Gasteiger partial charge in [-0.1, -0.05) is 23.4 Å². The number of esters is 1. The second-order valence-corrected chi connectivity index (χ2v) is 5.08. The van der Waals surface area contributed by atoms with Crippen LogP contribution in [0, 0.1) is 0 Å². The topological polar surface area (TPSA) is 74.5 Å². The third kappa shape index (κ3) is 2.37. The summed E-state index contributed by atoms with van der Waals surface area (Å²) in [5, 5.41) is 3.96. The Hall–Kier alpha value is -2.37. The van der Waals surface area contributed by atoms with Crippen LogP contribution in [0.3, 0.4) is 0 Å². The maximum absolute atomic E-state index is 11.8. The highest BCUT2D eigenvalue weighted by Gasteiger charge is 2.57. The average Bonchev–Trinajstić information content (AvgIpc) is 3.21. The third-order valence-corrected chi connectivity index (χ3v) is 3.74. The maximum atomic E-state index is 11.8. The zero-order valence-electron chi connectivity index (χ0n) is 12.0.